The van der Waals surface area contributed by atoms with Crippen molar-refractivity contribution in [3.63, 3.8) is 0 Å². The predicted molar refractivity (Wildman–Crippen MR) is 89.9 cm³/mol. The Hall–Kier alpha value is -0.900. The zero-order valence-electron chi connectivity index (χ0n) is 14.8. The summed E-state index contributed by atoms with van der Waals surface area (Å²) >= 11 is 0. The van der Waals surface area contributed by atoms with E-state index in [2.05, 4.69) is 5.32 Å². The summed E-state index contributed by atoms with van der Waals surface area (Å²) in [4.78, 5) is 11.8. The number of amides is 1. The average Bonchev–Trinajstić information content (AvgIpc) is 2.52. The molecule has 0 spiro atoms. The van der Waals surface area contributed by atoms with Crippen LogP contribution >= 0.6 is 0 Å². The van der Waals surface area contributed by atoms with Crippen molar-refractivity contribution in [3.05, 3.63) is 0 Å². The fourth-order valence-electron chi connectivity index (χ4n) is 2.92. The van der Waals surface area contributed by atoms with Gasteiger partial charge in [-0.2, -0.15) is 17.0 Å². The minimum absolute atomic E-state index is 0.237. The summed E-state index contributed by atoms with van der Waals surface area (Å²) in [5.74, 6) is 0. The van der Waals surface area contributed by atoms with Gasteiger partial charge in [0.25, 0.3) is 10.2 Å². The lowest BCUT2D eigenvalue weighted by molar-refractivity contribution is 0.0506. The van der Waals surface area contributed by atoms with Gasteiger partial charge in [-0.25, -0.2) is 4.79 Å². The zero-order chi connectivity index (χ0) is 17.8. The third-order valence-electron chi connectivity index (χ3n) is 4.05. The first-order chi connectivity index (χ1) is 11.2. The quantitative estimate of drug-likeness (QED) is 0.803. The smallest absolute Gasteiger partial charge is 0.407 e. The minimum atomic E-state index is -3.52. The lowest BCUT2D eigenvalue weighted by Gasteiger charge is -2.39. The van der Waals surface area contributed by atoms with Crippen LogP contribution in [0.4, 0.5) is 4.79 Å². The van der Waals surface area contributed by atoms with Crippen molar-refractivity contribution >= 4 is 16.3 Å². The largest absolute Gasteiger partial charge is 0.444 e. The average molecular weight is 363 g/mol. The number of carbonyl (C=O) groups excluding carboxylic acids is 1. The van der Waals surface area contributed by atoms with Gasteiger partial charge in [0, 0.05) is 32.2 Å². The van der Waals surface area contributed by atoms with E-state index in [0.29, 0.717) is 32.8 Å². The summed E-state index contributed by atoms with van der Waals surface area (Å²) in [6, 6.07) is -0.237. The Morgan fingerprint density at radius 3 is 2.50 bits per heavy atom. The van der Waals surface area contributed by atoms with E-state index in [1.165, 1.54) is 8.61 Å². The summed E-state index contributed by atoms with van der Waals surface area (Å²) < 4.78 is 39.2. The van der Waals surface area contributed by atoms with Crippen LogP contribution in [0, 0.1) is 0 Å². The van der Waals surface area contributed by atoms with Gasteiger partial charge in [0.1, 0.15) is 5.60 Å². The third-order valence-corrected chi connectivity index (χ3v) is 6.14. The third kappa shape index (κ3) is 5.30. The molecule has 0 aromatic carbocycles. The van der Waals surface area contributed by atoms with E-state index in [-0.39, 0.29) is 12.6 Å². The number of piperidine rings is 1. The van der Waals surface area contributed by atoms with Crippen LogP contribution in [-0.2, 0) is 19.7 Å². The fraction of sp³-hybridized carbons (Fsp3) is 0.933. The Morgan fingerprint density at radius 2 is 1.88 bits per heavy atom. The summed E-state index contributed by atoms with van der Waals surface area (Å²) in [6.07, 6.45) is 2.01. The monoisotopic (exact) mass is 363 g/mol. The molecule has 2 heterocycles. The molecule has 9 heteroatoms. The fourth-order valence-corrected chi connectivity index (χ4v) is 4.75. The predicted octanol–water partition coefficient (Wildman–Crippen LogP) is 0.943. The van der Waals surface area contributed by atoms with E-state index < -0.39 is 21.9 Å². The second kappa shape index (κ2) is 7.99. The van der Waals surface area contributed by atoms with E-state index >= 15 is 0 Å². The Labute approximate surface area is 144 Å². The van der Waals surface area contributed by atoms with Crippen molar-refractivity contribution in [2.24, 2.45) is 0 Å². The molecule has 0 saturated carbocycles. The highest BCUT2D eigenvalue weighted by molar-refractivity contribution is 7.86. The lowest BCUT2D eigenvalue weighted by atomic mass is 10.1. The van der Waals surface area contributed by atoms with Crippen molar-refractivity contribution in [1.82, 2.24) is 13.9 Å². The standard InChI is InChI=1S/C15H29N3O5S/c1-15(2,3)23-14(19)16-12-13-6-4-5-7-18(13)24(20,21)17-8-10-22-11-9-17/h13H,4-12H2,1-3H3,(H,16,19). The first-order valence-corrected chi connectivity index (χ1v) is 9.91. The second-order valence-electron chi connectivity index (χ2n) is 7.16. The Balaban J connectivity index is 1.98. The maximum Gasteiger partial charge on any atom is 0.407 e. The number of nitrogens with one attached hydrogen (secondary N) is 1. The van der Waals surface area contributed by atoms with Crippen molar-refractivity contribution in [3.8, 4) is 0 Å². The van der Waals surface area contributed by atoms with Gasteiger partial charge in [0.15, 0.2) is 0 Å². The molecule has 2 saturated heterocycles. The highest BCUT2D eigenvalue weighted by Crippen LogP contribution is 2.23. The molecule has 0 aliphatic carbocycles. The second-order valence-corrected chi connectivity index (χ2v) is 9.04. The molecule has 2 rings (SSSR count). The molecule has 0 aromatic heterocycles. The van der Waals surface area contributed by atoms with Gasteiger partial charge >= 0.3 is 6.09 Å². The molecule has 2 aliphatic rings. The van der Waals surface area contributed by atoms with E-state index in [1.807, 2.05) is 0 Å². The first-order valence-electron chi connectivity index (χ1n) is 8.52. The number of carbonyl (C=O) groups is 1. The highest BCUT2D eigenvalue weighted by Gasteiger charge is 2.37. The Bertz CT molecular complexity index is 526. The molecule has 0 aromatic rings. The first kappa shape index (κ1) is 19.4. The van der Waals surface area contributed by atoms with Gasteiger partial charge in [-0.05, 0) is 33.6 Å². The van der Waals surface area contributed by atoms with Crippen LogP contribution in [0.2, 0.25) is 0 Å². The summed E-state index contributed by atoms with van der Waals surface area (Å²) in [7, 11) is -3.52. The number of hydrogen-bond acceptors (Lipinski definition) is 5. The summed E-state index contributed by atoms with van der Waals surface area (Å²) in [6.45, 7) is 7.74. The van der Waals surface area contributed by atoms with Gasteiger partial charge in [-0.3, -0.25) is 0 Å². The molecule has 1 N–H and O–H groups in total. The molecular weight excluding hydrogens is 334 g/mol. The Kier molecular flexibility index (Phi) is 6.46. The highest BCUT2D eigenvalue weighted by atomic mass is 32.2. The SMILES string of the molecule is CC(C)(C)OC(=O)NCC1CCCCN1S(=O)(=O)N1CCOCC1. The molecule has 1 atom stereocenters. The number of nitrogens with zero attached hydrogens (tertiary/aromatic N) is 2. The number of alkyl carbamates (subject to hydrolysis) is 1. The molecule has 140 valence electrons. The van der Waals surface area contributed by atoms with E-state index in [9.17, 15) is 13.2 Å². The van der Waals surface area contributed by atoms with Crippen LogP contribution in [-0.4, -0.2) is 74.2 Å². The molecule has 1 amide bonds. The van der Waals surface area contributed by atoms with Crippen LogP contribution in [0.25, 0.3) is 0 Å². The van der Waals surface area contributed by atoms with Crippen molar-refractivity contribution < 1.29 is 22.7 Å². The van der Waals surface area contributed by atoms with Crippen molar-refractivity contribution in [2.75, 3.05) is 39.4 Å². The van der Waals surface area contributed by atoms with Crippen molar-refractivity contribution in [2.45, 2.75) is 51.7 Å². The van der Waals surface area contributed by atoms with E-state index in [4.69, 9.17) is 9.47 Å². The van der Waals surface area contributed by atoms with Crippen LogP contribution in [0.5, 0.6) is 0 Å². The number of ether oxygens (including phenoxy) is 2. The maximum absolute atomic E-state index is 12.9. The van der Waals surface area contributed by atoms with Gasteiger partial charge < -0.3 is 14.8 Å². The van der Waals surface area contributed by atoms with Crippen LogP contribution in [0.3, 0.4) is 0 Å². The van der Waals surface area contributed by atoms with Gasteiger partial charge in [0.2, 0.25) is 0 Å². The van der Waals surface area contributed by atoms with E-state index in [0.717, 1.165) is 19.3 Å². The molecule has 2 aliphatic heterocycles. The molecule has 0 radical (unpaired) electrons. The minimum Gasteiger partial charge on any atom is -0.444 e. The van der Waals surface area contributed by atoms with E-state index in [1.54, 1.807) is 20.8 Å². The maximum atomic E-state index is 12.9. The number of hydrogen-bond donors (Lipinski definition) is 1. The van der Waals surface area contributed by atoms with Gasteiger partial charge in [-0.1, -0.05) is 6.42 Å². The molecule has 8 nitrogen and oxygen atoms in total. The molecular formula is C15H29N3O5S. The topological polar surface area (TPSA) is 88.2 Å². The summed E-state index contributed by atoms with van der Waals surface area (Å²) in [5.41, 5.74) is -0.573. The van der Waals surface area contributed by atoms with Gasteiger partial charge in [0.05, 0.1) is 13.2 Å². The molecule has 0 bridgehead atoms. The van der Waals surface area contributed by atoms with Crippen LogP contribution in [0.1, 0.15) is 40.0 Å². The normalized spacial score (nSPS) is 24.5. The number of morpholine rings is 1. The Morgan fingerprint density at radius 1 is 1.21 bits per heavy atom. The van der Waals surface area contributed by atoms with Crippen LogP contribution < -0.4 is 5.32 Å². The van der Waals surface area contributed by atoms with Crippen LogP contribution in [0.15, 0.2) is 0 Å². The van der Waals surface area contributed by atoms with Gasteiger partial charge in [-0.15, -0.1) is 0 Å². The number of rotatable bonds is 4. The lowest BCUT2D eigenvalue weighted by Crippen LogP contribution is -2.56. The molecule has 24 heavy (non-hydrogen) atoms. The zero-order valence-corrected chi connectivity index (χ0v) is 15.6. The molecule has 2 fully saturated rings. The van der Waals surface area contributed by atoms with Crippen molar-refractivity contribution in [1.29, 1.82) is 0 Å². The summed E-state index contributed by atoms with van der Waals surface area (Å²) in [5, 5.41) is 2.70. The molecule has 1 unspecified atom stereocenters.